The number of carboxylic acids is 1. The van der Waals surface area contributed by atoms with Crippen molar-refractivity contribution < 1.29 is 19.4 Å². The van der Waals surface area contributed by atoms with Crippen molar-refractivity contribution in [3.05, 3.63) is 59.7 Å². The summed E-state index contributed by atoms with van der Waals surface area (Å²) in [5.41, 5.74) is 1.51. The van der Waals surface area contributed by atoms with Crippen LogP contribution in [-0.2, 0) is 5.41 Å². The SMILES string of the molecule is CC(C)(C)c1ccc(OCCOc2ccccc2C(=O)O)cc1. The van der Waals surface area contributed by atoms with Crippen LogP contribution in [0.2, 0.25) is 0 Å². The average molecular weight is 314 g/mol. The predicted octanol–water partition coefficient (Wildman–Crippen LogP) is 4.14. The van der Waals surface area contributed by atoms with Crippen LogP contribution in [0.3, 0.4) is 0 Å². The first-order chi connectivity index (χ1) is 10.9. The molecule has 4 heteroatoms. The number of carbonyl (C=O) groups is 1. The van der Waals surface area contributed by atoms with Gasteiger partial charge in [-0.25, -0.2) is 4.79 Å². The fraction of sp³-hybridized carbons (Fsp3) is 0.316. The number of carboxylic acid groups (broad SMARTS) is 1. The minimum absolute atomic E-state index is 0.113. The van der Waals surface area contributed by atoms with E-state index < -0.39 is 5.97 Å². The van der Waals surface area contributed by atoms with Crippen molar-refractivity contribution >= 4 is 5.97 Å². The molecule has 2 aromatic rings. The monoisotopic (exact) mass is 314 g/mol. The molecule has 0 aromatic heterocycles. The van der Waals surface area contributed by atoms with Crippen LogP contribution in [0.25, 0.3) is 0 Å². The van der Waals surface area contributed by atoms with Gasteiger partial charge in [0.2, 0.25) is 0 Å². The van der Waals surface area contributed by atoms with Crippen molar-refractivity contribution in [3.8, 4) is 11.5 Å². The summed E-state index contributed by atoms with van der Waals surface area (Å²) in [5, 5.41) is 9.08. The molecular formula is C19H22O4. The average Bonchev–Trinajstić information content (AvgIpc) is 2.51. The molecule has 0 atom stereocenters. The van der Waals surface area contributed by atoms with Gasteiger partial charge in [-0.15, -0.1) is 0 Å². The molecular weight excluding hydrogens is 292 g/mol. The highest BCUT2D eigenvalue weighted by Crippen LogP contribution is 2.24. The van der Waals surface area contributed by atoms with Crippen molar-refractivity contribution in [3.63, 3.8) is 0 Å². The van der Waals surface area contributed by atoms with Gasteiger partial charge in [0.05, 0.1) is 0 Å². The molecule has 23 heavy (non-hydrogen) atoms. The summed E-state index contributed by atoms with van der Waals surface area (Å²) in [7, 11) is 0. The molecule has 0 radical (unpaired) electrons. The molecule has 0 heterocycles. The largest absolute Gasteiger partial charge is 0.490 e. The lowest BCUT2D eigenvalue weighted by molar-refractivity contribution is 0.0691. The number of para-hydroxylation sites is 1. The van der Waals surface area contributed by atoms with Gasteiger partial charge < -0.3 is 14.6 Å². The summed E-state index contributed by atoms with van der Waals surface area (Å²) in [6.07, 6.45) is 0. The van der Waals surface area contributed by atoms with Crippen LogP contribution in [0.4, 0.5) is 0 Å². The summed E-state index contributed by atoms with van der Waals surface area (Å²) >= 11 is 0. The van der Waals surface area contributed by atoms with Gasteiger partial charge in [0.15, 0.2) is 0 Å². The fourth-order valence-electron chi connectivity index (χ4n) is 2.13. The van der Waals surface area contributed by atoms with Crippen molar-refractivity contribution in [2.45, 2.75) is 26.2 Å². The maximum atomic E-state index is 11.1. The molecule has 0 unspecified atom stereocenters. The zero-order valence-electron chi connectivity index (χ0n) is 13.7. The number of rotatable bonds is 6. The first kappa shape index (κ1) is 16.9. The van der Waals surface area contributed by atoms with E-state index >= 15 is 0 Å². The van der Waals surface area contributed by atoms with Crippen LogP contribution < -0.4 is 9.47 Å². The number of benzene rings is 2. The highest BCUT2D eigenvalue weighted by Gasteiger charge is 2.13. The third kappa shape index (κ3) is 4.74. The summed E-state index contributed by atoms with van der Waals surface area (Å²) in [6.45, 7) is 7.12. The van der Waals surface area contributed by atoms with Gasteiger partial charge in [-0.3, -0.25) is 0 Å². The number of ether oxygens (including phenoxy) is 2. The van der Waals surface area contributed by atoms with Crippen molar-refractivity contribution in [2.75, 3.05) is 13.2 Å². The minimum atomic E-state index is -1.00. The Balaban J connectivity index is 1.85. The van der Waals surface area contributed by atoms with Gasteiger partial charge in [0.25, 0.3) is 0 Å². The third-order valence-electron chi connectivity index (χ3n) is 3.45. The highest BCUT2D eigenvalue weighted by molar-refractivity contribution is 5.90. The van der Waals surface area contributed by atoms with Gasteiger partial charge >= 0.3 is 5.97 Å². The molecule has 0 fully saturated rings. The number of aromatic carboxylic acids is 1. The molecule has 2 aromatic carbocycles. The lowest BCUT2D eigenvalue weighted by atomic mass is 9.87. The first-order valence-corrected chi connectivity index (χ1v) is 7.56. The molecule has 2 rings (SSSR count). The third-order valence-corrected chi connectivity index (χ3v) is 3.45. The number of hydrogen-bond donors (Lipinski definition) is 1. The van der Waals surface area contributed by atoms with Gasteiger partial charge in [-0.2, -0.15) is 0 Å². The van der Waals surface area contributed by atoms with E-state index in [2.05, 4.69) is 32.9 Å². The number of hydrogen-bond acceptors (Lipinski definition) is 3. The predicted molar refractivity (Wildman–Crippen MR) is 89.5 cm³/mol. The summed E-state index contributed by atoms with van der Waals surface area (Å²) < 4.78 is 11.1. The molecule has 0 aliphatic rings. The quantitative estimate of drug-likeness (QED) is 0.814. The topological polar surface area (TPSA) is 55.8 Å². The van der Waals surface area contributed by atoms with Gasteiger partial charge in [-0.05, 0) is 35.2 Å². The van der Waals surface area contributed by atoms with Crippen LogP contribution in [0.5, 0.6) is 11.5 Å². The van der Waals surface area contributed by atoms with Gasteiger partial charge in [-0.1, -0.05) is 45.0 Å². The van der Waals surface area contributed by atoms with E-state index in [0.29, 0.717) is 12.4 Å². The Morgan fingerprint density at radius 2 is 1.57 bits per heavy atom. The molecule has 0 spiro atoms. The normalized spacial score (nSPS) is 11.1. The maximum absolute atomic E-state index is 11.1. The van der Waals surface area contributed by atoms with E-state index in [0.717, 1.165) is 5.75 Å². The smallest absolute Gasteiger partial charge is 0.339 e. The second kappa shape index (κ2) is 7.18. The van der Waals surface area contributed by atoms with Gasteiger partial charge in [0.1, 0.15) is 30.3 Å². The summed E-state index contributed by atoms with van der Waals surface area (Å²) in [5.74, 6) is 0.124. The second-order valence-electron chi connectivity index (χ2n) is 6.27. The van der Waals surface area contributed by atoms with Crippen LogP contribution in [0.15, 0.2) is 48.5 Å². The van der Waals surface area contributed by atoms with Crippen molar-refractivity contribution in [1.82, 2.24) is 0 Å². The van der Waals surface area contributed by atoms with E-state index in [-0.39, 0.29) is 17.6 Å². The molecule has 122 valence electrons. The Bertz CT molecular complexity index is 654. The standard InChI is InChI=1S/C19H22O4/c1-19(2,3)14-8-10-15(11-9-14)22-12-13-23-17-7-5-4-6-16(17)18(20)21/h4-11H,12-13H2,1-3H3,(H,20,21). The van der Waals surface area contributed by atoms with Crippen LogP contribution in [0.1, 0.15) is 36.7 Å². The van der Waals surface area contributed by atoms with Crippen LogP contribution in [0, 0.1) is 0 Å². The zero-order chi connectivity index (χ0) is 16.9. The Morgan fingerprint density at radius 3 is 2.17 bits per heavy atom. The zero-order valence-corrected chi connectivity index (χ0v) is 13.7. The molecule has 0 amide bonds. The molecule has 0 aliphatic heterocycles. The lowest BCUT2D eigenvalue weighted by Gasteiger charge is -2.19. The van der Waals surface area contributed by atoms with E-state index in [1.807, 2.05) is 12.1 Å². The Kier molecular flexibility index (Phi) is 5.27. The van der Waals surface area contributed by atoms with Gasteiger partial charge in [0, 0.05) is 0 Å². The Hall–Kier alpha value is -2.49. The van der Waals surface area contributed by atoms with E-state index in [4.69, 9.17) is 14.6 Å². The highest BCUT2D eigenvalue weighted by atomic mass is 16.5. The van der Waals surface area contributed by atoms with Crippen LogP contribution >= 0.6 is 0 Å². The molecule has 0 aliphatic carbocycles. The van der Waals surface area contributed by atoms with Crippen LogP contribution in [-0.4, -0.2) is 24.3 Å². The molecule has 0 saturated heterocycles. The first-order valence-electron chi connectivity index (χ1n) is 7.56. The van der Waals surface area contributed by atoms with E-state index in [1.165, 1.54) is 11.6 Å². The fourth-order valence-corrected chi connectivity index (χ4v) is 2.13. The summed E-state index contributed by atoms with van der Waals surface area (Å²) in [4.78, 5) is 11.1. The molecule has 0 saturated carbocycles. The van der Waals surface area contributed by atoms with Crippen molar-refractivity contribution in [2.24, 2.45) is 0 Å². The minimum Gasteiger partial charge on any atom is -0.490 e. The maximum Gasteiger partial charge on any atom is 0.339 e. The molecule has 0 bridgehead atoms. The van der Waals surface area contributed by atoms with Crippen molar-refractivity contribution in [1.29, 1.82) is 0 Å². The Labute approximate surface area is 136 Å². The molecule has 1 N–H and O–H groups in total. The lowest BCUT2D eigenvalue weighted by Crippen LogP contribution is -2.12. The summed E-state index contributed by atoms with van der Waals surface area (Å²) in [6, 6.07) is 14.5. The van der Waals surface area contributed by atoms with E-state index in [1.54, 1.807) is 18.2 Å². The Morgan fingerprint density at radius 1 is 0.957 bits per heavy atom. The second-order valence-corrected chi connectivity index (χ2v) is 6.27. The molecule has 4 nitrogen and oxygen atoms in total. The van der Waals surface area contributed by atoms with E-state index in [9.17, 15) is 4.79 Å².